The molecule has 0 bridgehead atoms. The molecule has 1 aromatic carbocycles. The summed E-state index contributed by atoms with van der Waals surface area (Å²) in [7, 11) is 0. The van der Waals surface area contributed by atoms with Gasteiger partial charge in [-0.25, -0.2) is 0 Å². The molecule has 1 aliphatic carbocycles. The summed E-state index contributed by atoms with van der Waals surface area (Å²) in [5, 5.41) is 12.3. The highest BCUT2D eigenvalue weighted by Crippen LogP contribution is 2.28. The summed E-state index contributed by atoms with van der Waals surface area (Å²) in [4.78, 5) is 37.5. The quantitative estimate of drug-likeness (QED) is 0.627. The topological polar surface area (TPSA) is 83.5 Å². The standard InChI is InChI=1S/C24H27NO4/c1-4-5-6-10-16(2)21(15-26)25-22(27)14-9-13-18-17(3)23(28)19-11-7-8-12-20(19)24(18)29/h4-8,10-12,21,26H,2,9,13-15H2,1,3H3,(H,25,27)/b5-4-,10-6-/t21-/m0/s1. The van der Waals surface area contributed by atoms with Crippen molar-refractivity contribution in [1.82, 2.24) is 5.32 Å². The molecule has 0 radical (unpaired) electrons. The van der Waals surface area contributed by atoms with Crippen LogP contribution >= 0.6 is 0 Å². The third-order valence-electron chi connectivity index (χ3n) is 4.89. The van der Waals surface area contributed by atoms with Gasteiger partial charge in [0.15, 0.2) is 11.6 Å². The van der Waals surface area contributed by atoms with E-state index in [2.05, 4.69) is 11.9 Å². The van der Waals surface area contributed by atoms with Crippen LogP contribution in [0.4, 0.5) is 0 Å². The summed E-state index contributed by atoms with van der Waals surface area (Å²) in [6.07, 6.45) is 8.18. The predicted molar refractivity (Wildman–Crippen MR) is 114 cm³/mol. The summed E-state index contributed by atoms with van der Waals surface area (Å²) in [5.41, 5.74) is 2.38. The number of aliphatic hydroxyl groups is 1. The Morgan fingerprint density at radius 1 is 1.17 bits per heavy atom. The number of amides is 1. The van der Waals surface area contributed by atoms with Crippen LogP contribution in [-0.4, -0.2) is 35.2 Å². The molecule has 1 amide bonds. The highest BCUT2D eigenvalue weighted by molar-refractivity contribution is 6.26. The number of rotatable bonds is 9. The minimum atomic E-state index is -0.560. The molecule has 0 saturated heterocycles. The zero-order chi connectivity index (χ0) is 21.4. The van der Waals surface area contributed by atoms with Crippen molar-refractivity contribution in [2.24, 2.45) is 0 Å². The molecule has 0 heterocycles. The van der Waals surface area contributed by atoms with Crippen LogP contribution in [0, 0.1) is 0 Å². The molecule has 0 spiro atoms. The Labute approximate surface area is 171 Å². The Morgan fingerprint density at radius 3 is 2.45 bits per heavy atom. The van der Waals surface area contributed by atoms with Crippen molar-refractivity contribution in [3.05, 3.63) is 83.0 Å². The smallest absolute Gasteiger partial charge is 0.220 e. The molecule has 2 N–H and O–H groups in total. The van der Waals surface area contributed by atoms with E-state index >= 15 is 0 Å². The molecule has 1 atom stereocenters. The van der Waals surface area contributed by atoms with Crippen LogP contribution in [0.2, 0.25) is 0 Å². The lowest BCUT2D eigenvalue weighted by molar-refractivity contribution is -0.121. The van der Waals surface area contributed by atoms with Crippen molar-refractivity contribution in [3.63, 3.8) is 0 Å². The summed E-state index contributed by atoms with van der Waals surface area (Å²) < 4.78 is 0. The van der Waals surface area contributed by atoms with E-state index in [0.29, 0.717) is 40.7 Å². The number of allylic oxidation sites excluding steroid dienone is 5. The van der Waals surface area contributed by atoms with Gasteiger partial charge in [-0.3, -0.25) is 14.4 Å². The molecule has 0 unspecified atom stereocenters. The first-order valence-corrected chi connectivity index (χ1v) is 9.67. The molecule has 0 aliphatic heterocycles. The number of hydrogen-bond acceptors (Lipinski definition) is 4. The SMILES string of the molecule is C=C(/C=C\C=C/C)[C@H](CO)NC(=O)CCCC1=C(C)C(=O)c2ccccc2C1=O. The predicted octanol–water partition coefficient (Wildman–Crippen LogP) is 3.72. The number of ketones is 2. The molecule has 0 fully saturated rings. The number of carbonyl (C=O) groups excluding carboxylic acids is 3. The van der Waals surface area contributed by atoms with E-state index in [1.807, 2.05) is 19.1 Å². The lowest BCUT2D eigenvalue weighted by Crippen LogP contribution is -2.38. The van der Waals surface area contributed by atoms with Crippen LogP contribution in [-0.2, 0) is 4.79 Å². The fourth-order valence-corrected chi connectivity index (χ4v) is 3.21. The minimum absolute atomic E-state index is 0.135. The van der Waals surface area contributed by atoms with Crippen molar-refractivity contribution >= 4 is 17.5 Å². The largest absolute Gasteiger partial charge is 0.394 e. The second-order valence-corrected chi connectivity index (χ2v) is 6.92. The number of benzene rings is 1. The molecule has 1 aliphatic rings. The van der Waals surface area contributed by atoms with E-state index in [9.17, 15) is 19.5 Å². The van der Waals surface area contributed by atoms with Gasteiger partial charge < -0.3 is 10.4 Å². The first-order valence-electron chi connectivity index (χ1n) is 9.67. The van der Waals surface area contributed by atoms with E-state index in [-0.39, 0.29) is 30.5 Å². The van der Waals surface area contributed by atoms with Gasteiger partial charge in [-0.2, -0.15) is 0 Å². The minimum Gasteiger partial charge on any atom is -0.394 e. The van der Waals surface area contributed by atoms with Gasteiger partial charge >= 0.3 is 0 Å². The van der Waals surface area contributed by atoms with Gasteiger partial charge in [0.25, 0.3) is 0 Å². The Kier molecular flexibility index (Phi) is 8.04. The highest BCUT2D eigenvalue weighted by Gasteiger charge is 2.29. The van der Waals surface area contributed by atoms with Crippen LogP contribution in [0.25, 0.3) is 0 Å². The van der Waals surface area contributed by atoms with Crippen molar-refractivity contribution in [2.45, 2.75) is 39.2 Å². The van der Waals surface area contributed by atoms with Gasteiger partial charge in [-0.05, 0) is 32.3 Å². The van der Waals surface area contributed by atoms with Crippen molar-refractivity contribution in [3.8, 4) is 0 Å². The van der Waals surface area contributed by atoms with Crippen molar-refractivity contribution in [2.75, 3.05) is 6.61 Å². The van der Waals surface area contributed by atoms with Crippen molar-refractivity contribution < 1.29 is 19.5 Å². The summed E-state index contributed by atoms with van der Waals surface area (Å²) in [6.45, 7) is 7.17. The zero-order valence-corrected chi connectivity index (χ0v) is 16.9. The fraction of sp³-hybridized carbons (Fsp3) is 0.292. The third kappa shape index (κ3) is 5.48. The molecular formula is C24H27NO4. The van der Waals surface area contributed by atoms with Gasteiger partial charge in [0, 0.05) is 28.7 Å². The maximum absolute atomic E-state index is 12.7. The lowest BCUT2D eigenvalue weighted by Gasteiger charge is -2.19. The second kappa shape index (κ2) is 10.5. The maximum atomic E-state index is 12.7. The van der Waals surface area contributed by atoms with Gasteiger partial charge in [-0.1, -0.05) is 55.1 Å². The normalized spacial score (nSPS) is 15.1. The van der Waals surface area contributed by atoms with Gasteiger partial charge in [0.05, 0.1) is 12.6 Å². The Hall–Kier alpha value is -3.05. The van der Waals surface area contributed by atoms with Crippen LogP contribution in [0.5, 0.6) is 0 Å². The van der Waals surface area contributed by atoms with E-state index in [1.165, 1.54) is 0 Å². The van der Waals surface area contributed by atoms with Crippen LogP contribution < -0.4 is 5.32 Å². The van der Waals surface area contributed by atoms with E-state index in [4.69, 9.17) is 0 Å². The van der Waals surface area contributed by atoms with E-state index in [1.54, 1.807) is 43.3 Å². The highest BCUT2D eigenvalue weighted by atomic mass is 16.3. The van der Waals surface area contributed by atoms with Crippen LogP contribution in [0.1, 0.15) is 53.8 Å². The Morgan fingerprint density at radius 2 is 1.83 bits per heavy atom. The number of nitrogens with one attached hydrogen (secondary N) is 1. The van der Waals surface area contributed by atoms with Crippen LogP contribution in [0.15, 0.2) is 71.9 Å². The molecule has 1 aromatic rings. The van der Waals surface area contributed by atoms with E-state index < -0.39 is 6.04 Å². The average Bonchev–Trinajstić information content (AvgIpc) is 2.72. The number of fused-ring (bicyclic) bond motifs is 1. The molecule has 2 rings (SSSR count). The summed E-state index contributed by atoms with van der Waals surface area (Å²) in [5.74, 6) is -0.518. The Bertz CT molecular complexity index is 905. The third-order valence-corrected chi connectivity index (χ3v) is 4.89. The zero-order valence-electron chi connectivity index (χ0n) is 16.9. The molecule has 152 valence electrons. The van der Waals surface area contributed by atoms with E-state index in [0.717, 1.165) is 0 Å². The molecule has 0 saturated carbocycles. The molecule has 5 heteroatoms. The molecular weight excluding hydrogens is 366 g/mol. The maximum Gasteiger partial charge on any atom is 0.220 e. The molecule has 29 heavy (non-hydrogen) atoms. The number of aliphatic hydroxyl groups excluding tert-OH is 1. The molecule has 5 nitrogen and oxygen atoms in total. The van der Waals surface area contributed by atoms with Crippen molar-refractivity contribution in [1.29, 1.82) is 0 Å². The monoisotopic (exact) mass is 393 g/mol. The van der Waals surface area contributed by atoms with Crippen LogP contribution in [0.3, 0.4) is 0 Å². The number of hydrogen-bond donors (Lipinski definition) is 2. The summed E-state index contributed by atoms with van der Waals surface area (Å²) in [6, 6.07) is 6.24. The lowest BCUT2D eigenvalue weighted by atomic mass is 9.83. The second-order valence-electron chi connectivity index (χ2n) is 6.92. The summed E-state index contributed by atoms with van der Waals surface area (Å²) >= 11 is 0. The fourth-order valence-electron chi connectivity index (χ4n) is 3.21. The number of carbonyl (C=O) groups is 3. The first-order chi connectivity index (χ1) is 13.9. The molecule has 0 aromatic heterocycles. The average molecular weight is 393 g/mol. The van der Waals surface area contributed by atoms with Gasteiger partial charge in [-0.15, -0.1) is 0 Å². The Balaban J connectivity index is 1.94. The number of Topliss-reactive ketones (excluding diaryl/α,β-unsaturated/α-hetero) is 2. The first kappa shape index (κ1) is 22.2. The van der Waals surface area contributed by atoms with Gasteiger partial charge in [0.1, 0.15) is 0 Å². The van der Waals surface area contributed by atoms with Gasteiger partial charge in [0.2, 0.25) is 5.91 Å².